The van der Waals surface area contributed by atoms with Crippen LogP contribution in [0.15, 0.2) is 58.7 Å². The van der Waals surface area contributed by atoms with Gasteiger partial charge in [0.2, 0.25) is 11.8 Å². The van der Waals surface area contributed by atoms with Crippen LogP contribution >= 0.6 is 23.4 Å². The van der Waals surface area contributed by atoms with E-state index in [-0.39, 0.29) is 18.2 Å². The van der Waals surface area contributed by atoms with Crippen LogP contribution in [0.5, 0.6) is 0 Å². The lowest BCUT2D eigenvalue weighted by Gasteiger charge is -2.21. The number of carbonyl (C=O) groups is 2. The summed E-state index contributed by atoms with van der Waals surface area (Å²) >= 11 is 7.02. The van der Waals surface area contributed by atoms with Gasteiger partial charge in [0.05, 0.1) is 6.21 Å². The largest absolute Gasteiger partial charge is 0.378 e. The molecular weight excluding hydrogens is 410 g/mol. The maximum atomic E-state index is 12.5. The lowest BCUT2D eigenvalue weighted by molar-refractivity contribution is -0.123. The predicted molar refractivity (Wildman–Crippen MR) is 120 cm³/mol. The summed E-state index contributed by atoms with van der Waals surface area (Å²) in [6.07, 6.45) is 1.66. The van der Waals surface area contributed by atoms with Crippen molar-refractivity contribution in [3.8, 4) is 0 Å². The second kappa shape index (κ2) is 9.58. The van der Waals surface area contributed by atoms with Crippen molar-refractivity contribution in [3.05, 3.63) is 59.1 Å². The molecule has 0 radical (unpaired) electrons. The fourth-order valence-corrected chi connectivity index (χ4v) is 3.57. The average molecular weight is 430 g/mol. The molecule has 0 bridgehead atoms. The van der Waals surface area contributed by atoms with E-state index in [1.807, 2.05) is 43.3 Å². The third-order valence-corrected chi connectivity index (χ3v) is 5.36. The monoisotopic (exact) mass is 429 g/mol. The summed E-state index contributed by atoms with van der Waals surface area (Å²) in [4.78, 5) is 26.4. The van der Waals surface area contributed by atoms with Gasteiger partial charge in [0, 0.05) is 36.9 Å². The quantitative estimate of drug-likeness (QED) is 0.563. The Bertz CT molecular complexity index is 942. The molecule has 2 aromatic carbocycles. The van der Waals surface area contributed by atoms with Crippen LogP contribution in [0, 0.1) is 0 Å². The van der Waals surface area contributed by atoms with Crippen LogP contribution in [-0.2, 0) is 9.59 Å². The predicted octanol–water partition coefficient (Wildman–Crippen LogP) is 3.36. The summed E-state index contributed by atoms with van der Waals surface area (Å²) in [5, 5.41) is 13.8. The van der Waals surface area contributed by atoms with Crippen molar-refractivity contribution in [1.82, 2.24) is 5.32 Å². The zero-order valence-electron chi connectivity index (χ0n) is 15.9. The summed E-state index contributed by atoms with van der Waals surface area (Å²) in [6, 6.07) is 14.6. The average Bonchev–Trinajstić information content (AvgIpc) is 2.69. The SMILES string of the molecule is CN(C)c1ccc(/C=N/N=C2/NC(=O)CC(C(=O)Nc3ccc(Cl)cc3)S2)cc1. The highest BCUT2D eigenvalue weighted by Crippen LogP contribution is 2.23. The number of anilines is 2. The van der Waals surface area contributed by atoms with E-state index in [0.29, 0.717) is 15.9 Å². The molecule has 7 nitrogen and oxygen atoms in total. The second-order valence-electron chi connectivity index (χ2n) is 6.49. The minimum Gasteiger partial charge on any atom is -0.378 e. The Morgan fingerprint density at radius 2 is 1.90 bits per heavy atom. The zero-order valence-corrected chi connectivity index (χ0v) is 17.5. The Morgan fingerprint density at radius 3 is 2.55 bits per heavy atom. The number of rotatable bonds is 5. The molecule has 3 rings (SSSR count). The molecule has 150 valence electrons. The van der Waals surface area contributed by atoms with Crippen molar-refractivity contribution in [3.63, 3.8) is 0 Å². The normalized spacial score (nSPS) is 18.0. The molecule has 2 aromatic rings. The number of hydrogen-bond donors (Lipinski definition) is 2. The first kappa shape index (κ1) is 20.9. The van der Waals surface area contributed by atoms with E-state index in [4.69, 9.17) is 11.6 Å². The molecule has 29 heavy (non-hydrogen) atoms. The van der Waals surface area contributed by atoms with Gasteiger partial charge in [-0.3, -0.25) is 9.59 Å². The number of amides is 2. The third-order valence-electron chi connectivity index (χ3n) is 4.04. The molecule has 1 saturated heterocycles. The summed E-state index contributed by atoms with van der Waals surface area (Å²) in [6.45, 7) is 0. The van der Waals surface area contributed by atoms with E-state index in [2.05, 4.69) is 20.8 Å². The fourth-order valence-electron chi connectivity index (χ4n) is 2.50. The molecule has 2 N–H and O–H groups in total. The summed E-state index contributed by atoms with van der Waals surface area (Å²) in [5.74, 6) is -0.549. The number of hydrogen-bond acceptors (Lipinski definition) is 6. The van der Waals surface area contributed by atoms with Gasteiger partial charge in [-0.05, 0) is 42.0 Å². The van der Waals surface area contributed by atoms with Gasteiger partial charge in [-0.1, -0.05) is 35.5 Å². The molecule has 1 heterocycles. The van der Waals surface area contributed by atoms with Crippen molar-refractivity contribution >= 4 is 57.9 Å². The van der Waals surface area contributed by atoms with Crippen LogP contribution in [0.4, 0.5) is 11.4 Å². The van der Waals surface area contributed by atoms with Gasteiger partial charge in [0.15, 0.2) is 5.17 Å². The van der Waals surface area contributed by atoms with Gasteiger partial charge < -0.3 is 15.5 Å². The molecule has 0 spiro atoms. The number of carbonyl (C=O) groups excluding carboxylic acids is 2. The van der Waals surface area contributed by atoms with E-state index in [1.54, 1.807) is 30.5 Å². The van der Waals surface area contributed by atoms with E-state index in [0.717, 1.165) is 11.3 Å². The number of halogens is 1. The lowest BCUT2D eigenvalue weighted by Crippen LogP contribution is -2.41. The minimum absolute atomic E-state index is 0.0683. The molecular formula is C20H20ClN5O2S. The molecule has 1 atom stereocenters. The van der Waals surface area contributed by atoms with E-state index >= 15 is 0 Å². The first-order valence-electron chi connectivity index (χ1n) is 8.82. The molecule has 1 fully saturated rings. The van der Waals surface area contributed by atoms with Crippen LogP contribution < -0.4 is 15.5 Å². The lowest BCUT2D eigenvalue weighted by atomic mass is 10.2. The molecule has 9 heteroatoms. The smallest absolute Gasteiger partial charge is 0.238 e. The van der Waals surface area contributed by atoms with Gasteiger partial charge in [-0.2, -0.15) is 5.10 Å². The minimum atomic E-state index is -0.590. The van der Waals surface area contributed by atoms with Gasteiger partial charge in [0.1, 0.15) is 5.25 Å². The number of nitrogens with one attached hydrogen (secondary N) is 2. The van der Waals surface area contributed by atoms with Gasteiger partial charge in [-0.25, -0.2) is 0 Å². The van der Waals surface area contributed by atoms with Crippen molar-refractivity contribution in [1.29, 1.82) is 0 Å². The Hall–Kier alpha value is -2.84. The molecule has 0 aromatic heterocycles. The third kappa shape index (κ3) is 6.07. The highest BCUT2D eigenvalue weighted by molar-refractivity contribution is 8.15. The zero-order chi connectivity index (χ0) is 20.8. The van der Waals surface area contributed by atoms with Crippen LogP contribution in [0.25, 0.3) is 0 Å². The van der Waals surface area contributed by atoms with E-state index in [9.17, 15) is 9.59 Å². The maximum absolute atomic E-state index is 12.5. The van der Waals surface area contributed by atoms with Gasteiger partial charge >= 0.3 is 0 Å². The molecule has 1 aliphatic heterocycles. The molecule has 2 amide bonds. The summed E-state index contributed by atoms with van der Waals surface area (Å²) in [5.41, 5.74) is 2.57. The standard InChI is InChI=1S/C20H20ClN5O2S/c1-26(2)16-9-3-13(4-10-16)12-22-25-20-24-18(27)11-17(29-20)19(28)23-15-7-5-14(21)6-8-15/h3-10,12,17H,11H2,1-2H3,(H,23,28)(H,24,25,27)/b22-12+. The summed E-state index contributed by atoms with van der Waals surface area (Å²) < 4.78 is 0. The van der Waals surface area contributed by atoms with Gasteiger partial charge in [0.25, 0.3) is 0 Å². The van der Waals surface area contributed by atoms with Crippen molar-refractivity contribution < 1.29 is 9.59 Å². The van der Waals surface area contributed by atoms with Crippen molar-refractivity contribution in [2.45, 2.75) is 11.7 Å². The van der Waals surface area contributed by atoms with E-state index in [1.165, 1.54) is 11.8 Å². The highest BCUT2D eigenvalue weighted by Gasteiger charge is 2.30. The topological polar surface area (TPSA) is 86.2 Å². The maximum Gasteiger partial charge on any atom is 0.238 e. The van der Waals surface area contributed by atoms with Gasteiger partial charge in [-0.15, -0.1) is 5.10 Å². The van der Waals surface area contributed by atoms with Crippen molar-refractivity contribution in [2.24, 2.45) is 10.2 Å². The van der Waals surface area contributed by atoms with Crippen molar-refractivity contribution in [2.75, 3.05) is 24.3 Å². The Balaban J connectivity index is 1.63. The molecule has 1 aliphatic rings. The highest BCUT2D eigenvalue weighted by atomic mass is 35.5. The Kier molecular flexibility index (Phi) is 6.90. The first-order chi connectivity index (χ1) is 13.9. The second-order valence-corrected chi connectivity index (χ2v) is 8.12. The van der Waals surface area contributed by atoms with Crippen LogP contribution in [0.1, 0.15) is 12.0 Å². The summed E-state index contributed by atoms with van der Waals surface area (Å²) in [7, 11) is 3.94. The number of nitrogens with zero attached hydrogens (tertiary/aromatic N) is 3. The Labute approximate surface area is 178 Å². The number of amidine groups is 1. The molecule has 1 unspecified atom stereocenters. The van der Waals surface area contributed by atoms with E-state index < -0.39 is 5.25 Å². The van der Waals surface area contributed by atoms with Crippen LogP contribution in [0.3, 0.4) is 0 Å². The fraction of sp³-hybridized carbons (Fsp3) is 0.200. The Morgan fingerprint density at radius 1 is 1.21 bits per heavy atom. The number of thioether (sulfide) groups is 1. The van der Waals surface area contributed by atoms with Crippen LogP contribution in [0.2, 0.25) is 5.02 Å². The molecule has 0 saturated carbocycles. The molecule has 0 aliphatic carbocycles. The van der Waals surface area contributed by atoms with Crippen LogP contribution in [-0.4, -0.2) is 42.5 Å². The number of benzene rings is 2. The first-order valence-corrected chi connectivity index (χ1v) is 10.1.